The second-order valence-electron chi connectivity index (χ2n) is 6.38. The number of fused-ring (bicyclic) bond motifs is 2. The maximum absolute atomic E-state index is 13.6. The Hall–Kier alpha value is -3.09. The molecule has 0 saturated heterocycles. The van der Waals surface area contributed by atoms with E-state index in [2.05, 4.69) is 9.97 Å². The molecule has 0 aliphatic heterocycles. The molecule has 0 fully saturated rings. The highest BCUT2D eigenvalue weighted by Crippen LogP contribution is 2.20. The number of aryl methyl sites for hydroxylation is 1. The van der Waals surface area contributed by atoms with Gasteiger partial charge in [0.1, 0.15) is 11.6 Å². The number of rotatable bonds is 6. The van der Waals surface area contributed by atoms with Gasteiger partial charge in [0, 0.05) is 12.6 Å². The second-order valence-corrected chi connectivity index (χ2v) is 6.38. The molecule has 0 aliphatic carbocycles. The lowest BCUT2D eigenvalue weighted by Gasteiger charge is -2.12. The van der Waals surface area contributed by atoms with E-state index in [4.69, 9.17) is 0 Å². The zero-order valence-corrected chi connectivity index (χ0v) is 14.6. The lowest BCUT2D eigenvalue weighted by Crippen LogP contribution is -2.23. The van der Waals surface area contributed by atoms with Crippen molar-refractivity contribution in [3.63, 3.8) is 0 Å². The standard InChI is InChI=1S/C20H18F2N4O/c21-9-3-4-10-25-18-8-7-14(22)11-16(18)24-19(25)13-26-17-6-2-1-5-15(17)23-12-20(26)27/h1-2,5-8,11-12H,3-4,9-10,13H2. The Balaban J connectivity index is 1.83. The summed E-state index contributed by atoms with van der Waals surface area (Å²) in [4.78, 5) is 21.1. The number of hydrogen-bond donors (Lipinski definition) is 0. The third-order valence-electron chi connectivity index (χ3n) is 4.61. The van der Waals surface area contributed by atoms with Crippen LogP contribution in [-0.2, 0) is 13.1 Å². The third kappa shape index (κ3) is 3.32. The first-order valence-electron chi connectivity index (χ1n) is 8.82. The molecule has 0 spiro atoms. The molecule has 2 aromatic heterocycles. The largest absolute Gasteiger partial charge is 0.326 e. The molecule has 2 heterocycles. The van der Waals surface area contributed by atoms with E-state index < -0.39 is 0 Å². The highest BCUT2D eigenvalue weighted by molar-refractivity contribution is 5.76. The smallest absolute Gasteiger partial charge is 0.269 e. The number of imidazole rings is 1. The van der Waals surface area contributed by atoms with Crippen LogP contribution < -0.4 is 5.56 Å². The highest BCUT2D eigenvalue weighted by atomic mass is 19.1. The Morgan fingerprint density at radius 3 is 2.63 bits per heavy atom. The van der Waals surface area contributed by atoms with Crippen LogP contribution in [0.25, 0.3) is 22.1 Å². The van der Waals surface area contributed by atoms with Crippen LogP contribution in [0, 0.1) is 5.82 Å². The highest BCUT2D eigenvalue weighted by Gasteiger charge is 2.14. The van der Waals surface area contributed by atoms with Crippen LogP contribution in [0.2, 0.25) is 0 Å². The predicted octanol–water partition coefficient (Wildman–Crippen LogP) is 3.68. The van der Waals surface area contributed by atoms with Gasteiger partial charge in [-0.1, -0.05) is 12.1 Å². The number of para-hydroxylation sites is 2. The fourth-order valence-corrected chi connectivity index (χ4v) is 3.31. The molecule has 4 rings (SSSR count). The van der Waals surface area contributed by atoms with Crippen molar-refractivity contribution in [3.8, 4) is 0 Å². The maximum Gasteiger partial charge on any atom is 0.269 e. The van der Waals surface area contributed by atoms with Crippen molar-refractivity contribution in [2.24, 2.45) is 0 Å². The summed E-state index contributed by atoms with van der Waals surface area (Å²) < 4.78 is 29.7. The molecule has 0 saturated carbocycles. The van der Waals surface area contributed by atoms with Gasteiger partial charge in [-0.2, -0.15) is 0 Å². The summed E-state index contributed by atoms with van der Waals surface area (Å²) in [5, 5.41) is 0. The van der Waals surface area contributed by atoms with Gasteiger partial charge in [0.05, 0.1) is 41.5 Å². The average molecular weight is 368 g/mol. The summed E-state index contributed by atoms with van der Waals surface area (Å²) >= 11 is 0. The number of aromatic nitrogens is 4. The molecule has 7 heteroatoms. The van der Waals surface area contributed by atoms with Crippen molar-refractivity contribution in [1.29, 1.82) is 0 Å². The van der Waals surface area contributed by atoms with Crippen LogP contribution in [-0.4, -0.2) is 25.8 Å². The predicted molar refractivity (Wildman–Crippen MR) is 100 cm³/mol. The normalized spacial score (nSPS) is 11.5. The fourth-order valence-electron chi connectivity index (χ4n) is 3.31. The first kappa shape index (κ1) is 17.3. The number of benzene rings is 2. The van der Waals surface area contributed by atoms with Gasteiger partial charge in [-0.25, -0.2) is 14.4 Å². The van der Waals surface area contributed by atoms with Crippen molar-refractivity contribution in [3.05, 3.63) is 70.7 Å². The van der Waals surface area contributed by atoms with E-state index in [1.165, 1.54) is 18.3 Å². The Bertz CT molecular complexity index is 1170. The van der Waals surface area contributed by atoms with E-state index in [1.807, 2.05) is 28.8 Å². The summed E-state index contributed by atoms with van der Waals surface area (Å²) in [5.74, 6) is 0.266. The monoisotopic (exact) mass is 368 g/mol. The first-order chi connectivity index (χ1) is 13.2. The lowest BCUT2D eigenvalue weighted by molar-refractivity contribution is 0.446. The fraction of sp³-hybridized carbons (Fsp3) is 0.250. The van der Waals surface area contributed by atoms with Crippen molar-refractivity contribution < 1.29 is 8.78 Å². The van der Waals surface area contributed by atoms with Gasteiger partial charge in [-0.05, 0) is 37.1 Å². The molecule has 0 bridgehead atoms. The van der Waals surface area contributed by atoms with Gasteiger partial charge in [-0.3, -0.25) is 13.8 Å². The van der Waals surface area contributed by atoms with E-state index >= 15 is 0 Å². The maximum atomic E-state index is 13.6. The van der Waals surface area contributed by atoms with E-state index in [-0.39, 0.29) is 24.6 Å². The summed E-state index contributed by atoms with van der Waals surface area (Å²) in [5.41, 5.74) is 2.48. The van der Waals surface area contributed by atoms with Gasteiger partial charge >= 0.3 is 0 Å². The summed E-state index contributed by atoms with van der Waals surface area (Å²) in [7, 11) is 0. The molecule has 0 unspecified atom stereocenters. The number of hydrogen-bond acceptors (Lipinski definition) is 3. The second kappa shape index (κ2) is 7.26. The molecule has 4 aromatic rings. The zero-order valence-electron chi connectivity index (χ0n) is 14.6. The van der Waals surface area contributed by atoms with Crippen LogP contribution in [0.4, 0.5) is 8.78 Å². The summed E-state index contributed by atoms with van der Waals surface area (Å²) in [6.07, 6.45) is 2.37. The minimum Gasteiger partial charge on any atom is -0.326 e. The van der Waals surface area contributed by atoms with Gasteiger partial charge in [0.2, 0.25) is 0 Å². The molecule has 2 aromatic carbocycles. The van der Waals surface area contributed by atoms with Gasteiger partial charge < -0.3 is 4.57 Å². The van der Waals surface area contributed by atoms with E-state index in [0.29, 0.717) is 41.8 Å². The number of alkyl halides is 1. The molecule has 138 valence electrons. The van der Waals surface area contributed by atoms with Crippen LogP contribution in [0.5, 0.6) is 0 Å². The number of unbranched alkanes of at least 4 members (excludes halogenated alkanes) is 1. The molecule has 0 atom stereocenters. The van der Waals surface area contributed by atoms with Gasteiger partial charge in [0.15, 0.2) is 0 Å². The van der Waals surface area contributed by atoms with Crippen molar-refractivity contribution >= 4 is 22.1 Å². The molecule has 0 aliphatic rings. The van der Waals surface area contributed by atoms with Crippen molar-refractivity contribution in [2.75, 3.05) is 6.67 Å². The van der Waals surface area contributed by atoms with E-state index in [9.17, 15) is 13.6 Å². The Labute approximate surface area is 153 Å². The Morgan fingerprint density at radius 1 is 0.963 bits per heavy atom. The lowest BCUT2D eigenvalue weighted by atomic mass is 10.3. The SMILES string of the molecule is O=c1cnc2ccccc2n1Cc1nc2cc(F)ccc2n1CCCCF. The van der Waals surface area contributed by atoms with Crippen molar-refractivity contribution in [1.82, 2.24) is 19.1 Å². The first-order valence-corrected chi connectivity index (χ1v) is 8.82. The molecule has 27 heavy (non-hydrogen) atoms. The molecule has 0 N–H and O–H groups in total. The molecule has 0 radical (unpaired) electrons. The molecule has 5 nitrogen and oxygen atoms in total. The van der Waals surface area contributed by atoms with Crippen LogP contribution in [0.15, 0.2) is 53.5 Å². The Kier molecular flexibility index (Phi) is 4.66. The van der Waals surface area contributed by atoms with Gasteiger partial charge in [-0.15, -0.1) is 0 Å². The minimum absolute atomic E-state index is 0.230. The van der Waals surface area contributed by atoms with Crippen molar-refractivity contribution in [2.45, 2.75) is 25.9 Å². The topological polar surface area (TPSA) is 52.7 Å². The summed E-state index contributed by atoms with van der Waals surface area (Å²) in [6.45, 7) is 0.401. The Morgan fingerprint density at radius 2 is 1.78 bits per heavy atom. The van der Waals surface area contributed by atoms with E-state index in [1.54, 1.807) is 10.6 Å². The quantitative estimate of drug-likeness (QED) is 0.488. The van der Waals surface area contributed by atoms with Crippen LogP contribution in [0.1, 0.15) is 18.7 Å². The third-order valence-corrected chi connectivity index (χ3v) is 4.61. The summed E-state index contributed by atoms with van der Waals surface area (Å²) in [6, 6.07) is 11.8. The molecular formula is C20H18F2N4O. The number of halogens is 2. The average Bonchev–Trinajstić information content (AvgIpc) is 3.00. The molecule has 0 amide bonds. The minimum atomic E-state index is -0.384. The number of nitrogens with zero attached hydrogens (tertiary/aromatic N) is 4. The van der Waals surface area contributed by atoms with Gasteiger partial charge in [0.25, 0.3) is 5.56 Å². The molecular weight excluding hydrogens is 350 g/mol. The van der Waals surface area contributed by atoms with Crippen LogP contribution in [0.3, 0.4) is 0 Å². The van der Waals surface area contributed by atoms with E-state index in [0.717, 1.165) is 5.52 Å². The zero-order chi connectivity index (χ0) is 18.8. The van der Waals surface area contributed by atoms with Crippen LogP contribution >= 0.6 is 0 Å².